The summed E-state index contributed by atoms with van der Waals surface area (Å²) in [7, 11) is 0. The first-order valence-electron chi connectivity index (χ1n) is 10.2. The summed E-state index contributed by atoms with van der Waals surface area (Å²) in [5.74, 6) is -3.20. The predicted molar refractivity (Wildman–Crippen MR) is 120 cm³/mol. The Morgan fingerprint density at radius 2 is 1.50 bits per heavy atom. The third kappa shape index (κ3) is 3.85. The van der Waals surface area contributed by atoms with Crippen molar-refractivity contribution >= 4 is 46.7 Å². The zero-order valence-electron chi connectivity index (χ0n) is 17.2. The summed E-state index contributed by atoms with van der Waals surface area (Å²) in [6, 6.07) is 11.4. The third-order valence-electron chi connectivity index (χ3n) is 5.89. The molecule has 0 aromatic heterocycles. The number of imide groups is 1. The van der Waals surface area contributed by atoms with Crippen LogP contribution in [0.2, 0.25) is 10.0 Å². The standard InChI is InChI=1S/C24H20Cl2N2O4/c1-14(21(29)15-10-12-16(25)13-11-15)27(24(32)19-8-4-5-9-20(19)26)28-22(30)17-6-2-3-7-18(17)23(28)31/h2-5,8-14,17-18H,6-7H2,1H3/t14-,17-,18+/m1/s1. The molecular formula is C24H20Cl2N2O4. The Balaban J connectivity index is 1.76. The quantitative estimate of drug-likeness (QED) is 0.364. The van der Waals surface area contributed by atoms with E-state index < -0.39 is 41.4 Å². The zero-order chi connectivity index (χ0) is 23.0. The van der Waals surface area contributed by atoms with E-state index in [9.17, 15) is 19.2 Å². The second kappa shape index (κ2) is 8.88. The molecule has 1 saturated heterocycles. The molecule has 1 heterocycles. The molecule has 4 rings (SSSR count). The molecule has 1 aliphatic carbocycles. The van der Waals surface area contributed by atoms with Crippen molar-refractivity contribution < 1.29 is 19.2 Å². The van der Waals surface area contributed by atoms with Gasteiger partial charge in [-0.15, -0.1) is 0 Å². The average molecular weight is 471 g/mol. The largest absolute Gasteiger partial charge is 0.292 e. The van der Waals surface area contributed by atoms with E-state index in [1.807, 2.05) is 12.2 Å². The summed E-state index contributed by atoms with van der Waals surface area (Å²) in [5, 5.41) is 2.43. The molecule has 2 aliphatic rings. The number of hydrogen-bond acceptors (Lipinski definition) is 4. The third-order valence-corrected chi connectivity index (χ3v) is 6.47. The number of rotatable bonds is 5. The Hall–Kier alpha value is -2.96. The number of carbonyl (C=O) groups is 4. The van der Waals surface area contributed by atoms with Crippen molar-refractivity contribution in [1.82, 2.24) is 10.0 Å². The van der Waals surface area contributed by atoms with Gasteiger partial charge in [-0.05, 0) is 56.2 Å². The lowest BCUT2D eigenvalue weighted by atomic mass is 9.85. The predicted octanol–water partition coefficient (Wildman–Crippen LogP) is 4.57. The second-order valence-electron chi connectivity index (χ2n) is 7.82. The molecule has 6 nitrogen and oxygen atoms in total. The molecular weight excluding hydrogens is 451 g/mol. The lowest BCUT2D eigenvalue weighted by Gasteiger charge is -2.35. The summed E-state index contributed by atoms with van der Waals surface area (Å²) < 4.78 is 0. The first-order valence-corrected chi connectivity index (χ1v) is 11.0. The smallest absolute Gasteiger partial charge is 0.275 e. The molecule has 3 atom stereocenters. The average Bonchev–Trinajstić information content (AvgIpc) is 3.05. The number of halogens is 2. The van der Waals surface area contributed by atoms with Gasteiger partial charge in [-0.1, -0.05) is 47.5 Å². The van der Waals surface area contributed by atoms with Crippen LogP contribution in [0, 0.1) is 11.8 Å². The first-order chi connectivity index (χ1) is 15.3. The highest BCUT2D eigenvalue weighted by atomic mass is 35.5. The van der Waals surface area contributed by atoms with Gasteiger partial charge in [-0.25, -0.2) is 5.01 Å². The van der Waals surface area contributed by atoms with Crippen LogP contribution in [0.5, 0.6) is 0 Å². The van der Waals surface area contributed by atoms with Gasteiger partial charge in [0.15, 0.2) is 5.78 Å². The van der Waals surface area contributed by atoms with Gasteiger partial charge in [0.05, 0.1) is 22.4 Å². The molecule has 2 aromatic carbocycles. The van der Waals surface area contributed by atoms with E-state index in [-0.39, 0.29) is 10.6 Å². The number of hydrazine groups is 1. The number of hydrogen-bond donors (Lipinski definition) is 0. The Kier molecular flexibility index (Phi) is 6.17. The van der Waals surface area contributed by atoms with Crippen LogP contribution < -0.4 is 0 Å². The van der Waals surface area contributed by atoms with E-state index in [1.54, 1.807) is 24.3 Å². The van der Waals surface area contributed by atoms with E-state index in [2.05, 4.69) is 0 Å². The Morgan fingerprint density at radius 3 is 2.06 bits per heavy atom. The number of allylic oxidation sites excluding steroid dienone is 2. The van der Waals surface area contributed by atoms with Gasteiger partial charge in [-0.2, -0.15) is 5.01 Å². The van der Waals surface area contributed by atoms with Crippen molar-refractivity contribution in [3.63, 3.8) is 0 Å². The van der Waals surface area contributed by atoms with Gasteiger partial charge >= 0.3 is 0 Å². The van der Waals surface area contributed by atoms with Crippen molar-refractivity contribution in [2.24, 2.45) is 11.8 Å². The Morgan fingerprint density at radius 1 is 0.938 bits per heavy atom. The van der Waals surface area contributed by atoms with Crippen LogP contribution in [-0.2, 0) is 9.59 Å². The topological polar surface area (TPSA) is 74.8 Å². The van der Waals surface area contributed by atoms with Gasteiger partial charge < -0.3 is 0 Å². The van der Waals surface area contributed by atoms with Gasteiger partial charge in [0, 0.05) is 10.6 Å². The number of fused-ring (bicyclic) bond motifs is 1. The molecule has 0 spiro atoms. The maximum atomic E-state index is 13.6. The van der Waals surface area contributed by atoms with E-state index in [0.29, 0.717) is 23.4 Å². The van der Waals surface area contributed by atoms with Crippen LogP contribution in [0.3, 0.4) is 0 Å². The highest BCUT2D eigenvalue weighted by Crippen LogP contribution is 2.37. The van der Waals surface area contributed by atoms with Gasteiger partial charge in [0.25, 0.3) is 17.7 Å². The number of amides is 3. The van der Waals surface area contributed by atoms with Crippen LogP contribution in [-0.4, -0.2) is 39.6 Å². The molecule has 1 fully saturated rings. The van der Waals surface area contributed by atoms with Gasteiger partial charge in [-0.3, -0.25) is 19.2 Å². The second-order valence-corrected chi connectivity index (χ2v) is 8.66. The molecule has 32 heavy (non-hydrogen) atoms. The highest BCUT2D eigenvalue weighted by molar-refractivity contribution is 6.34. The normalized spacial score (nSPS) is 20.8. The SMILES string of the molecule is C[C@H](C(=O)c1ccc(Cl)cc1)N(C(=O)c1ccccc1Cl)N1C(=O)[C@H]2CC=CC[C@H]2C1=O. The van der Waals surface area contributed by atoms with E-state index in [0.717, 1.165) is 10.0 Å². The lowest BCUT2D eigenvalue weighted by Crippen LogP contribution is -2.56. The van der Waals surface area contributed by atoms with Crippen LogP contribution >= 0.6 is 23.2 Å². The fraction of sp³-hybridized carbons (Fsp3) is 0.250. The van der Waals surface area contributed by atoms with Gasteiger partial charge in [0.1, 0.15) is 6.04 Å². The molecule has 3 amide bonds. The van der Waals surface area contributed by atoms with Crippen LogP contribution in [0.1, 0.15) is 40.5 Å². The molecule has 0 bridgehead atoms. The molecule has 1 aliphatic heterocycles. The molecule has 0 N–H and O–H groups in total. The minimum absolute atomic E-state index is 0.0959. The van der Waals surface area contributed by atoms with E-state index >= 15 is 0 Å². The van der Waals surface area contributed by atoms with Crippen LogP contribution in [0.15, 0.2) is 60.7 Å². The van der Waals surface area contributed by atoms with Crippen LogP contribution in [0.25, 0.3) is 0 Å². The number of nitrogens with zero attached hydrogens (tertiary/aromatic N) is 2. The number of carbonyl (C=O) groups excluding carboxylic acids is 4. The molecule has 164 valence electrons. The first kappa shape index (κ1) is 22.2. The van der Waals surface area contributed by atoms with Crippen molar-refractivity contribution in [2.75, 3.05) is 0 Å². The lowest BCUT2D eigenvalue weighted by molar-refractivity contribution is -0.156. The number of ketones is 1. The van der Waals surface area contributed by atoms with Crippen LogP contribution in [0.4, 0.5) is 0 Å². The summed E-state index contributed by atoms with van der Waals surface area (Å²) in [4.78, 5) is 53.3. The monoisotopic (exact) mass is 470 g/mol. The molecule has 0 saturated carbocycles. The summed E-state index contributed by atoms with van der Waals surface area (Å²) in [6.07, 6.45) is 4.55. The van der Waals surface area contributed by atoms with Crippen molar-refractivity contribution in [2.45, 2.75) is 25.8 Å². The molecule has 0 radical (unpaired) electrons. The van der Waals surface area contributed by atoms with E-state index in [1.165, 1.54) is 31.2 Å². The zero-order valence-corrected chi connectivity index (χ0v) is 18.7. The minimum Gasteiger partial charge on any atom is -0.292 e. The fourth-order valence-electron chi connectivity index (χ4n) is 4.16. The maximum Gasteiger partial charge on any atom is 0.275 e. The Labute approximate surface area is 195 Å². The van der Waals surface area contributed by atoms with E-state index in [4.69, 9.17) is 23.2 Å². The summed E-state index contributed by atoms with van der Waals surface area (Å²) >= 11 is 12.2. The number of benzene rings is 2. The summed E-state index contributed by atoms with van der Waals surface area (Å²) in [5.41, 5.74) is 0.399. The van der Waals surface area contributed by atoms with Crippen molar-refractivity contribution in [1.29, 1.82) is 0 Å². The fourth-order valence-corrected chi connectivity index (χ4v) is 4.50. The molecule has 2 aromatic rings. The minimum atomic E-state index is -1.14. The Bertz CT molecular complexity index is 1100. The molecule has 0 unspecified atom stereocenters. The van der Waals surface area contributed by atoms with Gasteiger partial charge in [0.2, 0.25) is 0 Å². The highest BCUT2D eigenvalue weighted by Gasteiger charge is 2.52. The maximum absolute atomic E-state index is 13.6. The van der Waals surface area contributed by atoms with Crippen molar-refractivity contribution in [3.05, 3.63) is 81.9 Å². The number of Topliss-reactive ketones (excluding diaryl/α,β-unsaturated/α-hetero) is 1. The summed E-state index contributed by atoms with van der Waals surface area (Å²) in [6.45, 7) is 1.49. The molecule has 8 heteroatoms. The van der Waals surface area contributed by atoms with Crippen molar-refractivity contribution in [3.8, 4) is 0 Å².